The van der Waals surface area contributed by atoms with Gasteiger partial charge in [0.1, 0.15) is 11.2 Å². The molecule has 0 saturated carbocycles. The van der Waals surface area contributed by atoms with Gasteiger partial charge in [0.05, 0.1) is 0 Å². The minimum atomic E-state index is 0.00827. The number of benzene rings is 4. The van der Waals surface area contributed by atoms with Crippen LogP contribution in [0.25, 0.3) is 33.1 Å². The maximum Gasteiger partial charge on any atom is 0.135 e. The fraction of sp³-hybridized carbons (Fsp3) is 0.111. The van der Waals surface area contributed by atoms with Crippen molar-refractivity contribution in [3.05, 3.63) is 96.1 Å². The Morgan fingerprint density at radius 3 is 0.585 bits per heavy atom. The SMILES string of the molecule is CC1(C)c2ccccc2-c2ccc(Nc3ccc4oc5ccccc5c4c3)cc21.S=S=S=S=S=S=S=S=S=S=S=S=S=S=S=S=S=S=S=S=S=S=S=S=S=S=S=S=S=S=S=S=S=S=S=S=S=S=S=S=S=S=S=S=S=S=S=S=S=S=S=S=S=S=S=S=S=S=S=S=S=S=S=S=S=S=S=S=S=S=S=S=S=S=S=S=S=S=S=S=S=S=S=S=S=S=S=S=S=S=S=S=S=S=S=S=S=S=S=S=S. The van der Waals surface area contributed by atoms with Crippen LogP contribution >= 0.6 is 0 Å². The zero-order valence-corrected chi connectivity index (χ0v) is 140. The Kier molecular flexibility index (Phi) is 118. The smallest absolute Gasteiger partial charge is 0.135 e. The highest BCUT2D eigenvalue weighted by Gasteiger charge is 2.35. The van der Waals surface area contributed by atoms with E-state index in [1.165, 1.54) is 40.0 Å². The van der Waals surface area contributed by atoms with Crippen molar-refractivity contribution in [2.45, 2.75) is 19.3 Å². The van der Waals surface area contributed by atoms with Crippen LogP contribution in [0.4, 0.5) is 11.4 Å². The van der Waals surface area contributed by atoms with Crippen LogP contribution in [0.3, 0.4) is 0 Å². The minimum absolute atomic E-state index is 0.00827. The quantitative estimate of drug-likeness (QED) is 0.200. The van der Waals surface area contributed by atoms with Crippen molar-refractivity contribution in [3.63, 3.8) is 0 Å². The Labute approximate surface area is 1040 Å². The summed E-state index contributed by atoms with van der Waals surface area (Å²) in [5, 5.41) is 5.89. The number of rotatable bonds is 2. The number of para-hydroxylation sites is 1. The largest absolute Gasteiger partial charge is 0.456 e. The molecule has 0 atom stereocenters. The fourth-order valence-electron chi connectivity index (χ4n) is 5.85. The third-order valence-electron chi connectivity index (χ3n) is 8.97. The van der Waals surface area contributed by atoms with E-state index in [1.807, 2.05) is 773 Å². The van der Waals surface area contributed by atoms with Gasteiger partial charge in [0.15, 0.2) is 0 Å². The van der Waals surface area contributed by atoms with E-state index in [9.17, 15) is 0 Å². The third-order valence-corrected chi connectivity index (χ3v) is 227. The van der Waals surface area contributed by atoms with Crippen molar-refractivity contribution in [2.75, 3.05) is 5.32 Å². The number of hydrogen-bond donors (Lipinski definition) is 1. The van der Waals surface area contributed by atoms with Crippen LogP contribution in [0.5, 0.6) is 0 Å². The van der Waals surface area contributed by atoms with E-state index in [4.69, 9.17) is 26.8 Å². The summed E-state index contributed by atoms with van der Waals surface area (Å²) < 4.78 is 5.95. The van der Waals surface area contributed by atoms with Gasteiger partial charge in [-0.1, -0.05) is 62.4 Å². The third kappa shape index (κ3) is 83.9. The molecule has 0 bridgehead atoms. The molecule has 1 N–H and O–H groups in total. The minimum Gasteiger partial charge on any atom is -0.456 e. The zero-order chi connectivity index (χ0) is 91.6. The molecule has 1 aliphatic carbocycles. The van der Waals surface area contributed by atoms with E-state index < -0.39 is 0 Å². The molecule has 0 aliphatic heterocycles. The number of fused-ring (bicyclic) bond motifs is 6. The molecular weight excluding hydrogens is 3590 g/mol. The van der Waals surface area contributed by atoms with Crippen molar-refractivity contribution >= 4 is 935 Å². The molecule has 5 aromatic rings. The van der Waals surface area contributed by atoms with Crippen LogP contribution in [-0.4, -0.2) is 0 Å². The van der Waals surface area contributed by atoms with Gasteiger partial charge < -0.3 is 9.73 Å². The molecule has 130 heavy (non-hydrogen) atoms. The molecule has 0 fully saturated rings. The predicted octanol–water partition coefficient (Wildman–Crippen LogP) is 7.39. The summed E-state index contributed by atoms with van der Waals surface area (Å²) in [6.45, 7) is 4.62. The van der Waals surface area contributed by atoms with E-state index >= 15 is 0 Å². The summed E-state index contributed by atoms with van der Waals surface area (Å²) in [6, 6.07) is 30.0. The van der Waals surface area contributed by atoms with E-state index in [0.717, 1.165) is 33.3 Å². The fourth-order valence-corrected chi connectivity index (χ4v) is 272. The summed E-state index contributed by atoms with van der Waals surface area (Å²) in [5.74, 6) is 0. The van der Waals surface area contributed by atoms with E-state index in [1.54, 1.807) is 107 Å². The summed E-state index contributed by atoms with van der Waals surface area (Å²) in [4.78, 5) is 0. The number of hydrogen-bond acceptors (Lipinski definition) is 4. The second-order valence-corrected chi connectivity index (χ2v) is 190. The first kappa shape index (κ1) is 139. The highest BCUT2D eigenvalue weighted by molar-refractivity contribution is 8.87. The molecule has 0 spiro atoms. The predicted molar refractivity (Wildman–Crippen MR) is 865 cm³/mol. The molecular formula is C27H21NOS101. The summed E-state index contributed by atoms with van der Waals surface area (Å²) in [6.07, 6.45) is 0. The summed E-state index contributed by atoms with van der Waals surface area (Å²) >= 11 is 9.66. The average Bonchev–Trinajstić information content (AvgIpc) is 1.58. The Balaban J connectivity index is 0.000000845. The first-order chi connectivity index (χ1) is 64.5. The van der Waals surface area contributed by atoms with E-state index in [2.05, 4.69) is 85.9 Å². The number of anilines is 2. The molecule has 6 rings (SSSR count). The lowest BCUT2D eigenvalue weighted by molar-refractivity contribution is 0.660. The highest BCUT2D eigenvalue weighted by Crippen LogP contribution is 2.49. The Hall–Kier alpha value is 18.7. The standard InChI is InChI=1S/C27H21NO.S101/c1-27(2)23-9-5-3-7-19(23)20-13-11-18(16-24(20)27)28-17-12-14-26-22(15-17)21-8-4-6-10-25(21)29-26;1-3-5-7-9-11-13-15-17-19-21-23-25-27-29-31-33-35-37-39-41-43-45-47-49-51-53-55-57-59-61-63-65-67-69-71-73-75-77-79-81-83-85-87-89-91-93-95-97-99-101-100-98-96-94-92-90-88-86-84-82-80-78-76-74-72-70-68-66-64-62-60-58-56-54-52-50-48-46-44-42-40-38-36-34-32-30-28-26-24-22-20-18-16-14-12-10-8-6-4-2/h3-16,28H,1-2H3;. The molecule has 1 heterocycles. The molecule has 0 saturated heterocycles. The number of nitrogens with one attached hydrogen (secondary N) is 1. The van der Waals surface area contributed by atoms with Crippen molar-refractivity contribution in [1.82, 2.24) is 0 Å². The summed E-state index contributed by atoms with van der Waals surface area (Å²) in [7, 11) is 179. The van der Waals surface area contributed by atoms with E-state index in [0.29, 0.717) is 0 Å². The molecule has 2 nitrogen and oxygen atoms in total. The topological polar surface area (TPSA) is 25.2 Å². The van der Waals surface area contributed by atoms with Crippen molar-refractivity contribution in [3.8, 4) is 11.1 Å². The Bertz CT molecular complexity index is 9930. The highest BCUT2D eigenvalue weighted by atomic mass is 33.6. The molecule has 0 radical (unpaired) electrons. The second kappa shape index (κ2) is 110. The van der Waals surface area contributed by atoms with Crippen LogP contribution in [0, 0.1) is 0 Å². The lowest BCUT2D eigenvalue weighted by atomic mass is 9.82. The van der Waals surface area contributed by atoms with Crippen LogP contribution in [0.15, 0.2) is 89.3 Å². The van der Waals surface area contributed by atoms with Gasteiger partial charge in [0, 0.05) is 929 Å². The van der Waals surface area contributed by atoms with Crippen LogP contribution in [0.1, 0.15) is 25.0 Å². The van der Waals surface area contributed by atoms with Crippen LogP contribution in [0.2, 0.25) is 0 Å². The average molecular weight is 3610 g/mol. The molecule has 1 aromatic heterocycles. The van der Waals surface area contributed by atoms with Gasteiger partial charge in [0.2, 0.25) is 0 Å². The van der Waals surface area contributed by atoms with Crippen molar-refractivity contribution < 1.29 is 4.42 Å². The monoisotopic (exact) mass is 3600 g/mol. The summed E-state index contributed by atoms with van der Waals surface area (Å²) in [5.41, 5.74) is 9.50. The lowest BCUT2D eigenvalue weighted by Crippen LogP contribution is -2.15. The van der Waals surface area contributed by atoms with Crippen LogP contribution < -0.4 is 5.32 Å². The van der Waals surface area contributed by atoms with Gasteiger partial charge >= 0.3 is 0 Å². The molecule has 0 unspecified atom stereocenters. The Morgan fingerprint density at radius 2 is 0.354 bits per heavy atom. The zero-order valence-electron chi connectivity index (χ0n) is 57.7. The second-order valence-electron chi connectivity index (χ2n) is 15.1. The molecule has 0 amide bonds. The molecule has 4 aromatic carbocycles. The Morgan fingerprint density at radius 1 is 0.177 bits per heavy atom. The van der Waals surface area contributed by atoms with Crippen molar-refractivity contribution in [1.29, 1.82) is 0 Å². The van der Waals surface area contributed by atoms with Gasteiger partial charge in [-0.15, -0.1) is 0 Å². The van der Waals surface area contributed by atoms with Gasteiger partial charge in [-0.3, -0.25) is 0 Å². The first-order valence-electron chi connectivity index (χ1n) is 26.7. The normalized spacial score (nSPS) is 9.28. The van der Waals surface area contributed by atoms with Gasteiger partial charge in [-0.05, 0) is 58.7 Å². The maximum absolute atomic E-state index is 5.95. The number of furan rings is 1. The van der Waals surface area contributed by atoms with E-state index in [-0.39, 0.29) is 5.41 Å². The van der Waals surface area contributed by atoms with Gasteiger partial charge in [-0.2, -0.15) is 0 Å². The molecule has 1 aliphatic rings. The van der Waals surface area contributed by atoms with Gasteiger partial charge in [0.25, 0.3) is 0 Å². The first-order valence-corrected chi connectivity index (χ1v) is 160. The van der Waals surface area contributed by atoms with Crippen LogP contribution in [-0.2, 0) is 907 Å². The maximum atomic E-state index is 5.95. The van der Waals surface area contributed by atoms with Gasteiger partial charge in [-0.25, -0.2) is 0 Å². The molecule has 746 valence electrons. The van der Waals surface area contributed by atoms with Crippen molar-refractivity contribution in [2.24, 2.45) is 0 Å². The molecule has 103 heteroatoms. The lowest BCUT2D eigenvalue weighted by Gasteiger charge is -2.22.